The van der Waals surface area contributed by atoms with Crippen molar-refractivity contribution in [1.82, 2.24) is 0 Å². The summed E-state index contributed by atoms with van der Waals surface area (Å²) in [5, 5.41) is 0. The Bertz CT molecular complexity index is 569. The van der Waals surface area contributed by atoms with Crippen molar-refractivity contribution in [1.29, 1.82) is 0 Å². The Morgan fingerprint density at radius 1 is 1.22 bits per heavy atom. The summed E-state index contributed by atoms with van der Waals surface area (Å²) in [6.07, 6.45) is 3.42. The largest absolute Gasteiger partial charge is 0.475 e. The summed E-state index contributed by atoms with van der Waals surface area (Å²) in [5.41, 5.74) is 7.87. The van der Waals surface area contributed by atoms with Crippen LogP contribution in [0.3, 0.4) is 0 Å². The minimum absolute atomic E-state index is 0. The Labute approximate surface area is 145 Å². The van der Waals surface area contributed by atoms with Gasteiger partial charge in [0.05, 0.1) is 11.7 Å². The summed E-state index contributed by atoms with van der Waals surface area (Å²) >= 11 is 0. The second-order valence-corrected chi connectivity index (χ2v) is 8.19. The van der Waals surface area contributed by atoms with Gasteiger partial charge in [0, 0.05) is 5.94 Å². The maximum absolute atomic E-state index is 6.43. The van der Waals surface area contributed by atoms with Gasteiger partial charge in [0.15, 0.2) is 0 Å². The van der Waals surface area contributed by atoms with Crippen LogP contribution in [0.15, 0.2) is 30.3 Å². The van der Waals surface area contributed by atoms with Crippen molar-refractivity contribution < 1.29 is 9.31 Å². The highest BCUT2D eigenvalue weighted by Crippen LogP contribution is 2.65. The number of rotatable bonds is 3. The lowest BCUT2D eigenvalue weighted by atomic mass is 9.43. The van der Waals surface area contributed by atoms with E-state index in [0.717, 1.165) is 18.8 Å². The number of benzene rings is 1. The van der Waals surface area contributed by atoms with Gasteiger partial charge in [-0.1, -0.05) is 44.2 Å². The molecule has 4 aliphatic rings. The standard InChI is InChI=1S/C18H26BNO2.ClH/c1-17(2)13-10-14(17)18(3)15(11-13)21-19(22-18)16(20)9-12-7-5-4-6-8-12;/h4-8,13-16H,9-11,20H2,1-3H3;1H/t13?,14?,15?,16?,18-;/m0./s1. The quantitative estimate of drug-likeness (QED) is 0.862. The van der Waals surface area contributed by atoms with Gasteiger partial charge < -0.3 is 15.0 Å². The average Bonchev–Trinajstić information content (AvgIpc) is 2.85. The van der Waals surface area contributed by atoms with E-state index in [4.69, 9.17) is 15.0 Å². The van der Waals surface area contributed by atoms with Gasteiger partial charge in [-0.25, -0.2) is 0 Å². The van der Waals surface area contributed by atoms with Crippen LogP contribution in [0.5, 0.6) is 0 Å². The summed E-state index contributed by atoms with van der Waals surface area (Å²) in [4.78, 5) is 0. The molecule has 1 aromatic rings. The van der Waals surface area contributed by atoms with Gasteiger partial charge >= 0.3 is 7.12 Å². The van der Waals surface area contributed by atoms with Crippen molar-refractivity contribution in [2.24, 2.45) is 23.0 Å². The molecule has 2 N–H and O–H groups in total. The third-order valence-electron chi connectivity index (χ3n) is 6.63. The van der Waals surface area contributed by atoms with Crippen LogP contribution in [0, 0.1) is 17.3 Å². The molecule has 1 aliphatic heterocycles. The lowest BCUT2D eigenvalue weighted by Gasteiger charge is -2.64. The fourth-order valence-electron chi connectivity index (χ4n) is 5.06. The van der Waals surface area contributed by atoms with Crippen molar-refractivity contribution in [2.45, 2.75) is 57.7 Å². The smallest absolute Gasteiger partial charge is 0.404 e. The number of hydrogen-bond donors (Lipinski definition) is 1. The maximum atomic E-state index is 6.43. The van der Waals surface area contributed by atoms with Gasteiger partial charge in [-0.15, -0.1) is 12.4 Å². The molecule has 23 heavy (non-hydrogen) atoms. The third kappa shape index (κ3) is 2.55. The third-order valence-corrected chi connectivity index (χ3v) is 6.63. The predicted molar refractivity (Wildman–Crippen MR) is 95.5 cm³/mol. The van der Waals surface area contributed by atoms with E-state index in [0.29, 0.717) is 11.3 Å². The normalized spacial score (nSPS) is 38.3. The van der Waals surface area contributed by atoms with E-state index >= 15 is 0 Å². The molecule has 1 aromatic carbocycles. The Morgan fingerprint density at radius 3 is 2.57 bits per heavy atom. The van der Waals surface area contributed by atoms with Gasteiger partial charge in [0.2, 0.25) is 0 Å². The topological polar surface area (TPSA) is 44.5 Å². The Kier molecular flexibility index (Phi) is 4.33. The average molecular weight is 336 g/mol. The molecule has 5 rings (SSSR count). The molecule has 4 unspecified atom stereocenters. The number of halogens is 1. The molecule has 1 heterocycles. The first-order valence-corrected chi connectivity index (χ1v) is 8.54. The molecule has 4 fully saturated rings. The molecule has 5 atom stereocenters. The number of nitrogens with two attached hydrogens (primary N) is 1. The first-order chi connectivity index (χ1) is 10.4. The Morgan fingerprint density at radius 2 is 1.91 bits per heavy atom. The fourth-order valence-corrected chi connectivity index (χ4v) is 5.06. The lowest BCUT2D eigenvalue weighted by Crippen LogP contribution is -2.65. The van der Waals surface area contributed by atoms with Crippen LogP contribution in [0.1, 0.15) is 39.2 Å². The molecule has 3 saturated carbocycles. The SMILES string of the molecule is CC1(C)C2CC3OB(C(N)Cc4ccccc4)O[C@@]3(C)C1C2.Cl. The fraction of sp³-hybridized carbons (Fsp3) is 0.667. The first kappa shape index (κ1) is 17.3. The minimum Gasteiger partial charge on any atom is -0.404 e. The van der Waals surface area contributed by atoms with Gasteiger partial charge in [0.1, 0.15) is 0 Å². The van der Waals surface area contributed by atoms with Crippen molar-refractivity contribution >= 4 is 19.5 Å². The zero-order valence-corrected chi connectivity index (χ0v) is 15.0. The Balaban J connectivity index is 0.00000156. The molecular weight excluding hydrogens is 308 g/mol. The highest BCUT2D eigenvalue weighted by molar-refractivity contribution is 6.47. The van der Waals surface area contributed by atoms with Crippen molar-refractivity contribution in [3.05, 3.63) is 35.9 Å². The molecular formula is C18H27BClNO2. The molecule has 0 spiro atoms. The van der Waals surface area contributed by atoms with E-state index in [1.807, 2.05) is 6.07 Å². The molecule has 3 nitrogen and oxygen atoms in total. The summed E-state index contributed by atoms with van der Waals surface area (Å²) in [5.74, 6) is 1.27. The monoisotopic (exact) mass is 335 g/mol. The summed E-state index contributed by atoms with van der Waals surface area (Å²) in [7, 11) is -0.273. The van der Waals surface area contributed by atoms with Gasteiger partial charge in [-0.05, 0) is 49.0 Å². The summed E-state index contributed by atoms with van der Waals surface area (Å²) in [6.45, 7) is 7.01. The van der Waals surface area contributed by atoms with E-state index in [1.165, 1.54) is 12.0 Å². The van der Waals surface area contributed by atoms with Crippen molar-refractivity contribution in [3.63, 3.8) is 0 Å². The van der Waals surface area contributed by atoms with Crippen LogP contribution in [0.2, 0.25) is 0 Å². The second kappa shape index (κ2) is 5.77. The van der Waals surface area contributed by atoms with Crippen LogP contribution in [-0.2, 0) is 15.7 Å². The summed E-state index contributed by atoms with van der Waals surface area (Å²) < 4.78 is 12.7. The first-order valence-electron chi connectivity index (χ1n) is 8.54. The number of hydrogen-bond acceptors (Lipinski definition) is 3. The highest BCUT2D eigenvalue weighted by Gasteiger charge is 2.68. The van der Waals surface area contributed by atoms with Gasteiger partial charge in [-0.3, -0.25) is 0 Å². The molecule has 126 valence electrons. The lowest BCUT2D eigenvalue weighted by molar-refractivity contribution is -0.199. The van der Waals surface area contributed by atoms with Crippen LogP contribution in [-0.4, -0.2) is 24.8 Å². The zero-order valence-electron chi connectivity index (χ0n) is 14.2. The van der Waals surface area contributed by atoms with E-state index in [1.54, 1.807) is 0 Å². The van der Waals surface area contributed by atoms with Crippen LogP contribution >= 0.6 is 12.4 Å². The molecule has 5 heteroatoms. The molecule has 0 aromatic heterocycles. The van der Waals surface area contributed by atoms with Crippen molar-refractivity contribution in [3.8, 4) is 0 Å². The summed E-state index contributed by atoms with van der Waals surface area (Å²) in [6, 6.07) is 10.4. The van der Waals surface area contributed by atoms with E-state index in [-0.39, 0.29) is 37.2 Å². The predicted octanol–water partition coefficient (Wildman–Crippen LogP) is 3.25. The molecule has 3 aliphatic carbocycles. The van der Waals surface area contributed by atoms with E-state index in [9.17, 15) is 0 Å². The molecule has 0 amide bonds. The van der Waals surface area contributed by atoms with Crippen LogP contribution in [0.4, 0.5) is 0 Å². The minimum atomic E-state index is -0.273. The van der Waals surface area contributed by atoms with Gasteiger partial charge in [0.25, 0.3) is 0 Å². The van der Waals surface area contributed by atoms with Crippen LogP contribution < -0.4 is 5.73 Å². The molecule has 1 saturated heterocycles. The van der Waals surface area contributed by atoms with E-state index in [2.05, 4.69) is 45.0 Å². The zero-order chi connectivity index (χ0) is 15.5. The highest BCUT2D eigenvalue weighted by atomic mass is 35.5. The van der Waals surface area contributed by atoms with Gasteiger partial charge in [-0.2, -0.15) is 0 Å². The Hall–Kier alpha value is -0.545. The molecule has 0 radical (unpaired) electrons. The van der Waals surface area contributed by atoms with Crippen molar-refractivity contribution in [2.75, 3.05) is 0 Å². The van der Waals surface area contributed by atoms with Crippen LogP contribution in [0.25, 0.3) is 0 Å². The maximum Gasteiger partial charge on any atom is 0.475 e. The second-order valence-electron chi connectivity index (χ2n) is 8.19. The van der Waals surface area contributed by atoms with E-state index < -0.39 is 0 Å². The molecule has 2 bridgehead atoms.